The van der Waals surface area contributed by atoms with Crippen LogP contribution in [0.1, 0.15) is 31.9 Å². The number of aliphatic hydroxyl groups is 1. The van der Waals surface area contributed by atoms with Crippen LogP contribution >= 0.6 is 11.3 Å². The van der Waals surface area contributed by atoms with E-state index in [0.29, 0.717) is 6.42 Å². The number of aliphatic hydroxyl groups excluding tert-OH is 1. The number of carbonyl (C=O) groups excluding carboxylic acids is 1. The average molecular weight is 345 g/mol. The molecule has 1 N–H and O–H groups in total. The number of aromatic nitrogens is 2. The highest BCUT2D eigenvalue weighted by molar-refractivity contribution is 7.13. The molecule has 0 spiro atoms. The molecular weight excluding hydrogens is 322 g/mol. The Labute approximate surface area is 146 Å². The second-order valence-electron chi connectivity index (χ2n) is 6.45. The minimum absolute atomic E-state index is 0.00485. The second-order valence-corrected chi connectivity index (χ2v) is 7.31. The molecule has 3 rings (SSSR count). The zero-order chi connectivity index (χ0) is 17.0. The van der Waals surface area contributed by atoms with E-state index < -0.39 is 0 Å². The fourth-order valence-electron chi connectivity index (χ4n) is 3.13. The number of hydrogen-bond donors (Lipinski definition) is 1. The summed E-state index contributed by atoms with van der Waals surface area (Å²) in [5, 5.41) is 12.4. The van der Waals surface area contributed by atoms with Crippen LogP contribution in [0.5, 0.6) is 0 Å². The summed E-state index contributed by atoms with van der Waals surface area (Å²) in [5.41, 5.74) is 1.80. The molecule has 5 nitrogen and oxygen atoms in total. The minimum atomic E-state index is 0.00485. The van der Waals surface area contributed by atoms with E-state index in [4.69, 9.17) is 0 Å². The molecule has 0 radical (unpaired) electrons. The molecule has 0 aromatic carbocycles. The summed E-state index contributed by atoms with van der Waals surface area (Å²) in [6.07, 6.45) is 6.59. The maximum Gasteiger partial charge on any atom is 0.228 e. The van der Waals surface area contributed by atoms with Gasteiger partial charge in [0.2, 0.25) is 5.91 Å². The number of pyridine rings is 1. The Morgan fingerprint density at radius 2 is 2.21 bits per heavy atom. The quantitative estimate of drug-likeness (QED) is 0.905. The molecule has 0 aliphatic carbocycles. The highest BCUT2D eigenvalue weighted by Gasteiger charge is 2.33. The molecule has 1 saturated heterocycles. The lowest BCUT2D eigenvalue weighted by atomic mass is 9.77. The Bertz CT molecular complexity index is 673. The van der Waals surface area contributed by atoms with Gasteiger partial charge in [-0.25, -0.2) is 4.98 Å². The van der Waals surface area contributed by atoms with Crippen molar-refractivity contribution >= 4 is 17.2 Å². The number of hydrogen-bond acceptors (Lipinski definition) is 5. The van der Waals surface area contributed by atoms with Gasteiger partial charge in [0, 0.05) is 43.0 Å². The van der Waals surface area contributed by atoms with E-state index in [1.165, 1.54) is 0 Å². The Balaban J connectivity index is 1.59. The highest BCUT2D eigenvalue weighted by Crippen LogP contribution is 2.34. The lowest BCUT2D eigenvalue weighted by molar-refractivity contribution is -0.133. The van der Waals surface area contributed by atoms with Gasteiger partial charge in [-0.05, 0) is 36.8 Å². The fourth-order valence-corrected chi connectivity index (χ4v) is 3.94. The van der Waals surface area contributed by atoms with Gasteiger partial charge in [-0.1, -0.05) is 6.92 Å². The summed E-state index contributed by atoms with van der Waals surface area (Å²) in [6.45, 7) is 3.79. The largest absolute Gasteiger partial charge is 0.396 e. The van der Waals surface area contributed by atoms with Crippen molar-refractivity contribution < 1.29 is 9.90 Å². The van der Waals surface area contributed by atoms with Gasteiger partial charge in [-0.2, -0.15) is 0 Å². The van der Waals surface area contributed by atoms with Gasteiger partial charge in [0.1, 0.15) is 5.01 Å². The van der Waals surface area contributed by atoms with Crippen molar-refractivity contribution in [1.29, 1.82) is 0 Å². The zero-order valence-corrected chi connectivity index (χ0v) is 14.8. The van der Waals surface area contributed by atoms with Crippen molar-refractivity contribution in [1.82, 2.24) is 14.9 Å². The van der Waals surface area contributed by atoms with E-state index in [0.717, 1.165) is 48.6 Å². The van der Waals surface area contributed by atoms with E-state index in [2.05, 4.69) is 16.9 Å². The highest BCUT2D eigenvalue weighted by atomic mass is 32.1. The van der Waals surface area contributed by atoms with E-state index >= 15 is 0 Å². The first-order chi connectivity index (χ1) is 11.7. The number of carbonyl (C=O) groups is 1. The van der Waals surface area contributed by atoms with Gasteiger partial charge >= 0.3 is 0 Å². The van der Waals surface area contributed by atoms with Gasteiger partial charge < -0.3 is 10.0 Å². The van der Waals surface area contributed by atoms with Crippen molar-refractivity contribution in [2.45, 2.75) is 32.6 Å². The zero-order valence-electron chi connectivity index (χ0n) is 13.9. The Morgan fingerprint density at radius 1 is 1.42 bits per heavy atom. The van der Waals surface area contributed by atoms with Gasteiger partial charge in [-0.15, -0.1) is 11.3 Å². The second kappa shape index (κ2) is 7.40. The van der Waals surface area contributed by atoms with Gasteiger partial charge in [-0.3, -0.25) is 9.78 Å². The van der Waals surface area contributed by atoms with E-state index in [1.54, 1.807) is 23.7 Å². The molecule has 0 saturated carbocycles. The fraction of sp³-hybridized carbons (Fsp3) is 0.500. The predicted molar refractivity (Wildman–Crippen MR) is 94.7 cm³/mol. The lowest BCUT2D eigenvalue weighted by Gasteiger charge is -2.40. The van der Waals surface area contributed by atoms with Crippen molar-refractivity contribution in [3.63, 3.8) is 0 Å². The maximum atomic E-state index is 12.5. The van der Waals surface area contributed by atoms with Crippen molar-refractivity contribution in [3.8, 4) is 10.6 Å². The topological polar surface area (TPSA) is 66.3 Å². The van der Waals surface area contributed by atoms with Crippen LogP contribution in [0.4, 0.5) is 0 Å². The third-order valence-corrected chi connectivity index (χ3v) is 5.99. The van der Waals surface area contributed by atoms with Gasteiger partial charge in [0.05, 0.1) is 12.1 Å². The molecule has 128 valence electrons. The SMILES string of the molecule is CCC1(CO)CCN(C(=O)Cc2csc(-c3cccnc3)n2)CC1. The number of likely N-dealkylation sites (tertiary alicyclic amines) is 1. The molecule has 1 amide bonds. The molecule has 0 bridgehead atoms. The molecule has 1 fully saturated rings. The monoisotopic (exact) mass is 345 g/mol. The summed E-state index contributed by atoms with van der Waals surface area (Å²) in [4.78, 5) is 23.1. The molecule has 24 heavy (non-hydrogen) atoms. The van der Waals surface area contributed by atoms with E-state index in [9.17, 15) is 9.90 Å². The molecule has 3 heterocycles. The summed E-state index contributed by atoms with van der Waals surface area (Å²) in [5.74, 6) is 0.126. The van der Waals surface area contributed by atoms with Crippen molar-refractivity contribution in [2.75, 3.05) is 19.7 Å². The molecule has 0 unspecified atom stereocenters. The third-order valence-electron chi connectivity index (χ3n) is 5.05. The Hall–Kier alpha value is -1.79. The summed E-state index contributed by atoms with van der Waals surface area (Å²) in [7, 11) is 0. The smallest absolute Gasteiger partial charge is 0.228 e. The van der Waals surface area contributed by atoms with E-state index in [-0.39, 0.29) is 17.9 Å². The summed E-state index contributed by atoms with van der Waals surface area (Å²) < 4.78 is 0. The van der Waals surface area contributed by atoms with Crippen LogP contribution in [0.25, 0.3) is 10.6 Å². The molecular formula is C18H23N3O2S. The number of thiazole rings is 1. The average Bonchev–Trinajstić information content (AvgIpc) is 3.11. The summed E-state index contributed by atoms with van der Waals surface area (Å²) in [6, 6.07) is 3.86. The molecule has 1 aliphatic heterocycles. The Kier molecular flexibility index (Phi) is 5.26. The standard InChI is InChI=1S/C18H23N3O2S/c1-2-18(13-22)5-8-21(9-6-18)16(23)10-15-12-24-17(20-15)14-4-3-7-19-11-14/h3-4,7,11-12,22H,2,5-6,8-10,13H2,1H3. The number of piperidine rings is 1. The van der Waals surface area contributed by atoms with Gasteiger partial charge in [0.25, 0.3) is 0 Å². The van der Waals surface area contributed by atoms with Crippen LogP contribution in [-0.4, -0.2) is 45.6 Å². The van der Waals surface area contributed by atoms with Crippen LogP contribution in [0.2, 0.25) is 0 Å². The number of nitrogens with zero attached hydrogens (tertiary/aromatic N) is 3. The minimum Gasteiger partial charge on any atom is -0.396 e. The predicted octanol–water partition coefficient (Wildman–Crippen LogP) is 2.76. The van der Waals surface area contributed by atoms with Crippen molar-refractivity contribution in [2.24, 2.45) is 5.41 Å². The maximum absolute atomic E-state index is 12.5. The number of rotatable bonds is 5. The normalized spacial score (nSPS) is 17.0. The molecule has 0 atom stereocenters. The van der Waals surface area contributed by atoms with Crippen LogP contribution in [-0.2, 0) is 11.2 Å². The van der Waals surface area contributed by atoms with Crippen LogP contribution in [0.3, 0.4) is 0 Å². The van der Waals surface area contributed by atoms with Crippen LogP contribution in [0.15, 0.2) is 29.9 Å². The first kappa shape index (κ1) is 17.0. The first-order valence-corrected chi connectivity index (χ1v) is 9.27. The lowest BCUT2D eigenvalue weighted by Crippen LogP contribution is -2.45. The number of amides is 1. The third kappa shape index (κ3) is 3.65. The van der Waals surface area contributed by atoms with Crippen molar-refractivity contribution in [3.05, 3.63) is 35.6 Å². The van der Waals surface area contributed by atoms with Crippen LogP contribution in [0, 0.1) is 5.41 Å². The molecule has 2 aromatic rings. The van der Waals surface area contributed by atoms with Crippen LogP contribution < -0.4 is 0 Å². The summed E-state index contributed by atoms with van der Waals surface area (Å²) >= 11 is 1.54. The first-order valence-electron chi connectivity index (χ1n) is 8.39. The molecule has 1 aliphatic rings. The van der Waals surface area contributed by atoms with E-state index in [1.807, 2.05) is 22.4 Å². The Morgan fingerprint density at radius 3 is 2.83 bits per heavy atom. The van der Waals surface area contributed by atoms with Gasteiger partial charge in [0.15, 0.2) is 0 Å². The molecule has 6 heteroatoms. The molecule has 2 aromatic heterocycles.